The zero-order chi connectivity index (χ0) is 22.5. The van der Waals surface area contributed by atoms with Crippen LogP contribution in [0.4, 0.5) is 0 Å². The minimum atomic E-state index is -0.372. The van der Waals surface area contributed by atoms with Crippen LogP contribution in [0.5, 0.6) is 5.75 Å². The number of fused-ring (bicyclic) bond motifs is 1. The van der Waals surface area contributed by atoms with Crippen LogP contribution in [0, 0.1) is 0 Å². The summed E-state index contributed by atoms with van der Waals surface area (Å²) in [5, 5.41) is 0.534. The first-order valence-corrected chi connectivity index (χ1v) is 11.1. The van der Waals surface area contributed by atoms with Crippen LogP contribution >= 0.6 is 11.8 Å². The third-order valence-corrected chi connectivity index (χ3v) is 6.21. The summed E-state index contributed by atoms with van der Waals surface area (Å²) in [5.74, 6) is 0.308. The van der Waals surface area contributed by atoms with Crippen LogP contribution in [-0.2, 0) is 24.8 Å². The molecule has 0 aliphatic heterocycles. The predicted molar refractivity (Wildman–Crippen MR) is 125 cm³/mol. The van der Waals surface area contributed by atoms with Gasteiger partial charge < -0.3 is 10.5 Å². The quantitative estimate of drug-likeness (QED) is 0.550. The number of benzene rings is 2. The Morgan fingerprint density at radius 3 is 2.42 bits per heavy atom. The van der Waals surface area contributed by atoms with Gasteiger partial charge in [-0.2, -0.15) is 0 Å². The third-order valence-electron chi connectivity index (χ3n) is 4.94. The van der Waals surface area contributed by atoms with E-state index in [1.807, 2.05) is 38.1 Å². The molecule has 164 valence electrons. The summed E-state index contributed by atoms with van der Waals surface area (Å²) in [7, 11) is 1.65. The summed E-state index contributed by atoms with van der Waals surface area (Å²) in [6.45, 7) is 4.39. The summed E-state index contributed by atoms with van der Waals surface area (Å²) in [6.07, 6.45) is 0.557. The Bertz CT molecular complexity index is 1180. The number of nitrogens with two attached hydrogens (primary N) is 1. The molecule has 0 radical (unpaired) electrons. The maximum atomic E-state index is 12.7. The fourth-order valence-electron chi connectivity index (χ4n) is 3.40. The average Bonchev–Trinajstić information content (AvgIpc) is 2.75. The van der Waals surface area contributed by atoms with Gasteiger partial charge in [-0.1, -0.05) is 38.1 Å². The molecule has 31 heavy (non-hydrogen) atoms. The van der Waals surface area contributed by atoms with E-state index in [0.717, 1.165) is 5.56 Å². The fraction of sp³-hybridized carbons (Fsp3) is 0.348. The van der Waals surface area contributed by atoms with Gasteiger partial charge in [0.1, 0.15) is 12.4 Å². The van der Waals surface area contributed by atoms with E-state index in [1.54, 1.807) is 43.1 Å². The number of aryl methyl sites for hydroxylation is 1. The van der Waals surface area contributed by atoms with Crippen molar-refractivity contribution in [1.29, 1.82) is 0 Å². The summed E-state index contributed by atoms with van der Waals surface area (Å²) < 4.78 is 8.40. The Hall–Kier alpha value is -3.00. The molecule has 8 heteroatoms. The van der Waals surface area contributed by atoms with Gasteiger partial charge in [0.25, 0.3) is 5.56 Å². The molecule has 0 fully saturated rings. The first-order valence-electron chi connectivity index (χ1n) is 10.1. The van der Waals surface area contributed by atoms with Crippen LogP contribution in [0.2, 0.25) is 0 Å². The van der Waals surface area contributed by atoms with Crippen molar-refractivity contribution in [2.24, 2.45) is 12.8 Å². The summed E-state index contributed by atoms with van der Waals surface area (Å²) >= 11 is 1.55. The largest absolute Gasteiger partial charge is 0.492 e. The van der Waals surface area contributed by atoms with Crippen LogP contribution in [0.1, 0.15) is 19.4 Å². The van der Waals surface area contributed by atoms with Crippen LogP contribution in [-0.4, -0.2) is 32.1 Å². The molecule has 1 aromatic heterocycles. The second-order valence-electron chi connectivity index (χ2n) is 7.59. The number of primary amides is 1. The molecule has 1 heterocycles. The standard InChI is InChI=1S/C23H27N3O4S/c1-15(2)31-20(21(24)27)14-16-8-10-17(11-9-16)30-13-12-26-22(28)18-6-4-5-7-19(18)25(3)23(26)29/h4-11,15,20H,12-14H2,1-3H3,(H2,24,27). The average molecular weight is 442 g/mol. The monoisotopic (exact) mass is 441 g/mol. The number of carbonyl (C=O) groups is 1. The Kier molecular flexibility index (Phi) is 7.22. The molecular weight excluding hydrogens is 414 g/mol. The van der Waals surface area contributed by atoms with E-state index >= 15 is 0 Å². The van der Waals surface area contributed by atoms with Gasteiger partial charge in [-0.3, -0.25) is 18.7 Å². The van der Waals surface area contributed by atoms with Gasteiger partial charge in [0.15, 0.2) is 0 Å². The lowest BCUT2D eigenvalue weighted by Gasteiger charge is -2.16. The van der Waals surface area contributed by atoms with Crippen molar-refractivity contribution in [1.82, 2.24) is 9.13 Å². The number of ether oxygens (including phenoxy) is 1. The van der Waals surface area contributed by atoms with Crippen molar-refractivity contribution in [3.8, 4) is 5.75 Å². The predicted octanol–water partition coefficient (Wildman–Crippen LogP) is 2.32. The van der Waals surface area contributed by atoms with Gasteiger partial charge in [-0.25, -0.2) is 4.79 Å². The molecule has 0 bridgehead atoms. The van der Waals surface area contributed by atoms with Crippen LogP contribution in [0.3, 0.4) is 0 Å². The van der Waals surface area contributed by atoms with Gasteiger partial charge >= 0.3 is 5.69 Å². The number of hydrogen-bond acceptors (Lipinski definition) is 5. The van der Waals surface area contributed by atoms with E-state index in [-0.39, 0.29) is 35.6 Å². The number of thioether (sulfide) groups is 1. The van der Waals surface area contributed by atoms with E-state index in [0.29, 0.717) is 28.3 Å². The molecule has 3 rings (SSSR count). The number of para-hydroxylation sites is 1. The third kappa shape index (κ3) is 5.38. The lowest BCUT2D eigenvalue weighted by molar-refractivity contribution is -0.117. The number of amides is 1. The minimum Gasteiger partial charge on any atom is -0.492 e. The molecule has 1 amide bonds. The van der Waals surface area contributed by atoms with E-state index in [9.17, 15) is 14.4 Å². The van der Waals surface area contributed by atoms with Gasteiger partial charge in [0.2, 0.25) is 5.91 Å². The normalized spacial score (nSPS) is 12.3. The lowest BCUT2D eigenvalue weighted by Crippen LogP contribution is -2.40. The zero-order valence-electron chi connectivity index (χ0n) is 17.9. The number of carbonyl (C=O) groups excluding carboxylic acids is 1. The van der Waals surface area contributed by atoms with E-state index in [2.05, 4.69) is 0 Å². The summed E-state index contributed by atoms with van der Waals surface area (Å²) in [5.41, 5.74) is 6.42. The van der Waals surface area contributed by atoms with Crippen LogP contribution in [0.15, 0.2) is 58.1 Å². The van der Waals surface area contributed by atoms with Crippen molar-refractivity contribution in [2.45, 2.75) is 37.3 Å². The second-order valence-corrected chi connectivity index (χ2v) is 9.37. The molecule has 0 saturated carbocycles. The summed E-state index contributed by atoms with van der Waals surface area (Å²) in [4.78, 5) is 36.9. The smallest absolute Gasteiger partial charge is 0.331 e. The molecule has 7 nitrogen and oxygen atoms in total. The molecule has 0 aliphatic rings. The first kappa shape index (κ1) is 22.7. The molecule has 0 aliphatic carbocycles. The number of aromatic nitrogens is 2. The van der Waals surface area contributed by atoms with E-state index in [1.165, 1.54) is 9.13 Å². The lowest BCUT2D eigenvalue weighted by atomic mass is 10.1. The molecule has 3 aromatic rings. The highest BCUT2D eigenvalue weighted by molar-refractivity contribution is 8.01. The van der Waals surface area contributed by atoms with E-state index in [4.69, 9.17) is 10.5 Å². The first-order chi connectivity index (χ1) is 14.8. The van der Waals surface area contributed by atoms with Crippen molar-refractivity contribution < 1.29 is 9.53 Å². The highest BCUT2D eigenvalue weighted by Gasteiger charge is 2.18. The Morgan fingerprint density at radius 1 is 1.10 bits per heavy atom. The molecule has 2 aromatic carbocycles. The van der Waals surface area contributed by atoms with Crippen LogP contribution < -0.4 is 21.7 Å². The van der Waals surface area contributed by atoms with Crippen molar-refractivity contribution in [3.63, 3.8) is 0 Å². The molecule has 0 spiro atoms. The number of hydrogen-bond donors (Lipinski definition) is 1. The number of nitrogens with zero attached hydrogens (tertiary/aromatic N) is 2. The SMILES string of the molecule is CC(C)SC(Cc1ccc(OCCn2c(=O)c3ccccc3n(C)c2=O)cc1)C(N)=O. The Morgan fingerprint density at radius 2 is 1.77 bits per heavy atom. The fourth-order valence-corrected chi connectivity index (χ4v) is 4.48. The maximum Gasteiger partial charge on any atom is 0.331 e. The Labute approximate surface area is 184 Å². The van der Waals surface area contributed by atoms with Gasteiger partial charge in [-0.15, -0.1) is 11.8 Å². The molecule has 1 atom stereocenters. The zero-order valence-corrected chi connectivity index (χ0v) is 18.7. The van der Waals surface area contributed by atoms with Gasteiger partial charge in [0.05, 0.1) is 22.7 Å². The van der Waals surface area contributed by atoms with Crippen molar-refractivity contribution >= 4 is 28.6 Å². The Balaban J connectivity index is 1.66. The van der Waals surface area contributed by atoms with Gasteiger partial charge in [0, 0.05) is 7.05 Å². The molecule has 0 saturated heterocycles. The molecular formula is C23H27N3O4S. The van der Waals surface area contributed by atoms with Crippen molar-refractivity contribution in [2.75, 3.05) is 6.61 Å². The minimum absolute atomic E-state index is 0.146. The topological polar surface area (TPSA) is 96.3 Å². The highest BCUT2D eigenvalue weighted by Crippen LogP contribution is 2.22. The van der Waals surface area contributed by atoms with Gasteiger partial charge in [-0.05, 0) is 41.5 Å². The highest BCUT2D eigenvalue weighted by atomic mass is 32.2. The molecule has 1 unspecified atom stereocenters. The number of rotatable bonds is 9. The second kappa shape index (κ2) is 9.87. The van der Waals surface area contributed by atoms with Crippen LogP contribution in [0.25, 0.3) is 10.9 Å². The summed E-state index contributed by atoms with van der Waals surface area (Å²) in [6, 6.07) is 14.5. The van der Waals surface area contributed by atoms with E-state index < -0.39 is 0 Å². The van der Waals surface area contributed by atoms with Crippen molar-refractivity contribution in [3.05, 3.63) is 74.9 Å². The molecule has 2 N–H and O–H groups in total. The maximum absolute atomic E-state index is 12.7.